The van der Waals surface area contributed by atoms with Crippen molar-refractivity contribution in [3.8, 4) is 5.75 Å². The SMILES string of the molecule is CCP(CC)Cc1ccc2c(CP(CC)CC)c(OC)ccc2c1. The van der Waals surface area contributed by atoms with Crippen molar-refractivity contribution in [1.29, 1.82) is 0 Å². The lowest BCUT2D eigenvalue weighted by Crippen LogP contribution is -1.96. The van der Waals surface area contributed by atoms with Crippen LogP contribution in [-0.2, 0) is 12.3 Å². The van der Waals surface area contributed by atoms with Gasteiger partial charge < -0.3 is 4.74 Å². The van der Waals surface area contributed by atoms with Crippen molar-refractivity contribution in [3.05, 3.63) is 41.5 Å². The summed E-state index contributed by atoms with van der Waals surface area (Å²) in [6.45, 7) is 9.31. The Morgan fingerprint density at radius 2 is 1.42 bits per heavy atom. The number of hydrogen-bond donors (Lipinski definition) is 0. The van der Waals surface area contributed by atoms with Gasteiger partial charge in [-0.3, -0.25) is 0 Å². The molecule has 0 atom stereocenters. The molecule has 0 aliphatic rings. The van der Waals surface area contributed by atoms with Gasteiger partial charge in [0, 0.05) is 5.56 Å². The number of fused-ring (bicyclic) bond motifs is 1. The third-order valence-electron chi connectivity index (χ3n) is 4.95. The fraction of sp³-hybridized carbons (Fsp3) is 0.524. The van der Waals surface area contributed by atoms with Crippen molar-refractivity contribution in [2.24, 2.45) is 0 Å². The Bertz CT molecular complexity index is 646. The number of rotatable bonds is 9. The topological polar surface area (TPSA) is 9.23 Å². The molecule has 24 heavy (non-hydrogen) atoms. The van der Waals surface area contributed by atoms with Crippen LogP contribution in [0.25, 0.3) is 10.8 Å². The molecule has 0 fully saturated rings. The van der Waals surface area contributed by atoms with E-state index >= 15 is 0 Å². The summed E-state index contributed by atoms with van der Waals surface area (Å²) in [5.41, 5.74) is 2.92. The van der Waals surface area contributed by atoms with Gasteiger partial charge in [-0.2, -0.15) is 0 Å². The first-order valence-electron chi connectivity index (χ1n) is 9.19. The summed E-state index contributed by atoms with van der Waals surface area (Å²) in [7, 11) is 2.02. The van der Waals surface area contributed by atoms with Crippen LogP contribution < -0.4 is 4.74 Å². The molecule has 2 rings (SSSR count). The maximum absolute atomic E-state index is 5.69. The monoisotopic (exact) mass is 362 g/mol. The van der Waals surface area contributed by atoms with Crippen LogP contribution in [0, 0.1) is 0 Å². The fourth-order valence-electron chi connectivity index (χ4n) is 3.25. The summed E-state index contributed by atoms with van der Waals surface area (Å²) >= 11 is 0. The Morgan fingerprint density at radius 3 is 2.00 bits per heavy atom. The lowest BCUT2D eigenvalue weighted by atomic mass is 10.0. The van der Waals surface area contributed by atoms with E-state index in [-0.39, 0.29) is 15.8 Å². The minimum atomic E-state index is 0.0687. The molecular weight excluding hydrogens is 330 g/mol. The van der Waals surface area contributed by atoms with Gasteiger partial charge >= 0.3 is 0 Å². The molecule has 0 N–H and O–H groups in total. The molecule has 0 saturated carbocycles. The summed E-state index contributed by atoms with van der Waals surface area (Å²) in [4.78, 5) is 0. The molecule has 0 aromatic heterocycles. The molecule has 2 aromatic carbocycles. The van der Waals surface area contributed by atoms with Crippen molar-refractivity contribution in [2.45, 2.75) is 40.0 Å². The van der Waals surface area contributed by atoms with Crippen LogP contribution in [0.4, 0.5) is 0 Å². The van der Waals surface area contributed by atoms with Gasteiger partial charge in [-0.25, -0.2) is 0 Å². The zero-order chi connectivity index (χ0) is 17.5. The normalized spacial score (nSPS) is 11.6. The summed E-state index contributed by atoms with van der Waals surface area (Å²) in [5, 5.41) is 2.78. The highest BCUT2D eigenvalue weighted by Crippen LogP contribution is 2.44. The van der Waals surface area contributed by atoms with E-state index < -0.39 is 0 Å². The fourth-order valence-corrected chi connectivity index (χ4v) is 6.53. The molecule has 0 amide bonds. The predicted octanol–water partition coefficient (Wildman–Crippen LogP) is 6.89. The second kappa shape index (κ2) is 9.74. The number of ether oxygens (including phenoxy) is 1. The molecule has 0 saturated heterocycles. The van der Waals surface area contributed by atoms with Crippen molar-refractivity contribution >= 4 is 26.6 Å². The van der Waals surface area contributed by atoms with Crippen molar-refractivity contribution in [2.75, 3.05) is 31.8 Å². The van der Waals surface area contributed by atoms with E-state index in [2.05, 4.69) is 58.0 Å². The quantitative estimate of drug-likeness (QED) is 0.441. The van der Waals surface area contributed by atoms with Crippen LogP contribution in [0.1, 0.15) is 38.8 Å². The Labute approximate surface area is 150 Å². The van der Waals surface area contributed by atoms with Crippen LogP contribution in [0.3, 0.4) is 0 Å². The maximum atomic E-state index is 5.69. The third kappa shape index (κ3) is 4.71. The molecule has 0 aliphatic heterocycles. The third-order valence-corrected chi connectivity index (χ3v) is 10.1. The average Bonchev–Trinajstić information content (AvgIpc) is 2.63. The van der Waals surface area contributed by atoms with Crippen LogP contribution in [0.2, 0.25) is 0 Å². The van der Waals surface area contributed by atoms with Crippen molar-refractivity contribution < 1.29 is 4.74 Å². The van der Waals surface area contributed by atoms with Gasteiger partial charge in [0.25, 0.3) is 0 Å². The van der Waals surface area contributed by atoms with Gasteiger partial charge in [-0.1, -0.05) is 52.0 Å². The van der Waals surface area contributed by atoms with Gasteiger partial charge in [0.1, 0.15) is 5.75 Å². The first-order valence-corrected chi connectivity index (χ1v) is 13.0. The van der Waals surface area contributed by atoms with E-state index in [1.165, 1.54) is 58.9 Å². The minimum absolute atomic E-state index is 0.0687. The van der Waals surface area contributed by atoms with Crippen molar-refractivity contribution in [1.82, 2.24) is 0 Å². The minimum Gasteiger partial charge on any atom is -0.496 e. The van der Waals surface area contributed by atoms with E-state index in [0.717, 1.165) is 5.75 Å². The summed E-state index contributed by atoms with van der Waals surface area (Å²) in [6, 6.07) is 11.5. The van der Waals surface area contributed by atoms with E-state index in [0.29, 0.717) is 0 Å². The lowest BCUT2D eigenvalue weighted by molar-refractivity contribution is 0.412. The van der Waals surface area contributed by atoms with Gasteiger partial charge in [0.15, 0.2) is 0 Å². The number of methoxy groups -OCH3 is 1. The molecule has 0 heterocycles. The molecule has 3 heteroatoms. The smallest absolute Gasteiger partial charge is 0.123 e. The maximum Gasteiger partial charge on any atom is 0.123 e. The standard InChI is InChI=1S/C21H32OP2/c1-6-23(7-2)15-17-10-12-19-18(14-17)11-13-21(22-5)20(19)16-24(8-3)9-4/h10-14H,6-9,15-16H2,1-5H3. The summed E-state index contributed by atoms with van der Waals surface area (Å²) < 4.78 is 5.69. The largest absolute Gasteiger partial charge is 0.496 e. The Balaban J connectivity index is 2.40. The van der Waals surface area contributed by atoms with E-state index in [4.69, 9.17) is 4.74 Å². The Hall–Kier alpha value is -0.640. The molecule has 0 aliphatic carbocycles. The zero-order valence-corrected chi connectivity index (χ0v) is 17.7. The summed E-state index contributed by atoms with van der Waals surface area (Å²) in [6.07, 6.45) is 7.68. The molecule has 0 radical (unpaired) electrons. The van der Waals surface area contributed by atoms with Crippen LogP contribution in [0.15, 0.2) is 30.3 Å². The second-order valence-corrected chi connectivity index (χ2v) is 12.1. The molecule has 0 unspecified atom stereocenters. The Morgan fingerprint density at radius 1 is 0.792 bits per heavy atom. The van der Waals surface area contributed by atoms with Gasteiger partial charge in [-0.05, 0) is 59.4 Å². The second-order valence-electron chi connectivity index (χ2n) is 6.22. The Kier molecular flexibility index (Phi) is 7.99. The molecule has 132 valence electrons. The molecule has 0 spiro atoms. The molecule has 1 nitrogen and oxygen atoms in total. The number of benzene rings is 2. The lowest BCUT2D eigenvalue weighted by Gasteiger charge is -2.19. The number of hydrogen-bond acceptors (Lipinski definition) is 1. The molecular formula is C21H32OP2. The van der Waals surface area contributed by atoms with E-state index in [9.17, 15) is 0 Å². The van der Waals surface area contributed by atoms with Gasteiger partial charge in [0.05, 0.1) is 7.11 Å². The highest BCUT2D eigenvalue weighted by atomic mass is 31.1. The molecule has 0 bridgehead atoms. The first kappa shape index (κ1) is 19.7. The van der Waals surface area contributed by atoms with E-state index in [1.54, 1.807) is 7.11 Å². The summed E-state index contributed by atoms with van der Waals surface area (Å²) in [5.74, 6) is 1.06. The first-order chi connectivity index (χ1) is 11.7. The van der Waals surface area contributed by atoms with E-state index in [1.807, 2.05) is 0 Å². The van der Waals surface area contributed by atoms with Gasteiger partial charge in [0.2, 0.25) is 0 Å². The highest BCUT2D eigenvalue weighted by Gasteiger charge is 2.13. The zero-order valence-electron chi connectivity index (χ0n) is 15.9. The average molecular weight is 362 g/mol. The van der Waals surface area contributed by atoms with Crippen LogP contribution in [0.5, 0.6) is 5.75 Å². The van der Waals surface area contributed by atoms with Gasteiger partial charge in [-0.15, -0.1) is 15.8 Å². The highest BCUT2D eigenvalue weighted by molar-refractivity contribution is 7.57. The van der Waals surface area contributed by atoms with Crippen molar-refractivity contribution in [3.63, 3.8) is 0 Å². The van der Waals surface area contributed by atoms with Crippen LogP contribution >= 0.6 is 15.8 Å². The molecule has 2 aromatic rings. The predicted molar refractivity (Wildman–Crippen MR) is 114 cm³/mol. The van der Waals surface area contributed by atoms with Crippen LogP contribution in [-0.4, -0.2) is 31.8 Å².